The van der Waals surface area contributed by atoms with Gasteiger partial charge in [0.2, 0.25) is 0 Å². The summed E-state index contributed by atoms with van der Waals surface area (Å²) in [6, 6.07) is 5.80. The first kappa shape index (κ1) is 17.3. The number of nitrogens with one attached hydrogen (secondary N) is 1. The highest BCUT2D eigenvalue weighted by atomic mass is 16.5. The second-order valence-electron chi connectivity index (χ2n) is 5.91. The summed E-state index contributed by atoms with van der Waals surface area (Å²) >= 11 is 0. The first-order chi connectivity index (χ1) is 9.85. The summed E-state index contributed by atoms with van der Waals surface area (Å²) in [5.74, 6) is 1.14. The van der Waals surface area contributed by atoms with Gasteiger partial charge in [-0.25, -0.2) is 0 Å². The van der Waals surface area contributed by atoms with Gasteiger partial charge < -0.3 is 20.1 Å². The van der Waals surface area contributed by atoms with Crippen molar-refractivity contribution in [3.8, 4) is 11.5 Å². The summed E-state index contributed by atoms with van der Waals surface area (Å²) in [4.78, 5) is 11.8. The van der Waals surface area contributed by atoms with Gasteiger partial charge >= 0.3 is 0 Å². The van der Waals surface area contributed by atoms with Crippen molar-refractivity contribution >= 4 is 5.91 Å². The molecule has 0 heterocycles. The Bertz CT molecular complexity index is 467. The minimum atomic E-state index is -0.260. The molecule has 1 rings (SSSR count). The Balaban J connectivity index is 2.71. The average molecular weight is 295 g/mol. The van der Waals surface area contributed by atoms with Crippen molar-refractivity contribution in [2.24, 2.45) is 0 Å². The molecule has 0 bridgehead atoms. The van der Waals surface area contributed by atoms with Crippen LogP contribution < -0.4 is 20.1 Å². The number of hydrogen-bond donors (Lipinski definition) is 2. The predicted octanol–water partition coefficient (Wildman–Crippen LogP) is 1.07. The van der Waals surface area contributed by atoms with Crippen molar-refractivity contribution in [2.45, 2.75) is 39.8 Å². The number of nitrogens with two attached hydrogens (primary N) is 1. The van der Waals surface area contributed by atoms with Crippen molar-refractivity contribution in [2.75, 3.05) is 20.3 Å². The molecule has 5 nitrogen and oxygen atoms in total. The molecule has 0 aliphatic carbocycles. The maximum Gasteiger partial charge on any atom is 0.258 e. The SMILES string of the molecule is CCOc1cc(C[NH2+]C)ccc1OCC(=O)NC(C)(C)C. The van der Waals surface area contributed by atoms with Crippen LogP contribution in [0, 0.1) is 0 Å². The van der Waals surface area contributed by atoms with Gasteiger partial charge in [-0.2, -0.15) is 0 Å². The van der Waals surface area contributed by atoms with Crippen molar-refractivity contribution in [3.63, 3.8) is 0 Å². The first-order valence-corrected chi connectivity index (χ1v) is 7.33. The quantitative estimate of drug-likeness (QED) is 0.791. The molecule has 1 amide bonds. The summed E-state index contributed by atoms with van der Waals surface area (Å²) in [5.41, 5.74) is 0.900. The van der Waals surface area contributed by atoms with Crippen LogP contribution in [0.4, 0.5) is 0 Å². The highest BCUT2D eigenvalue weighted by Gasteiger charge is 2.15. The van der Waals surface area contributed by atoms with E-state index in [1.165, 1.54) is 0 Å². The Morgan fingerprint density at radius 3 is 2.52 bits per heavy atom. The number of quaternary nitrogens is 1. The number of amides is 1. The average Bonchev–Trinajstić information content (AvgIpc) is 2.36. The minimum absolute atomic E-state index is 0.0173. The zero-order chi connectivity index (χ0) is 15.9. The smallest absolute Gasteiger partial charge is 0.258 e. The standard InChI is InChI=1S/C16H26N2O3/c1-6-20-14-9-12(10-17-5)7-8-13(14)21-11-15(19)18-16(2,3)4/h7-9,17H,6,10-11H2,1-5H3,(H,18,19)/p+1. The number of ether oxygens (including phenoxy) is 2. The van der Waals surface area contributed by atoms with Crippen molar-refractivity contribution in [1.82, 2.24) is 5.32 Å². The van der Waals surface area contributed by atoms with E-state index in [2.05, 4.69) is 10.6 Å². The molecule has 21 heavy (non-hydrogen) atoms. The van der Waals surface area contributed by atoms with Gasteiger partial charge in [-0.05, 0) is 45.9 Å². The van der Waals surface area contributed by atoms with Crippen LogP contribution >= 0.6 is 0 Å². The normalized spacial score (nSPS) is 11.1. The molecule has 0 unspecified atom stereocenters. The summed E-state index contributed by atoms with van der Waals surface area (Å²) in [5, 5.41) is 4.95. The molecular weight excluding hydrogens is 268 g/mol. The van der Waals surface area contributed by atoms with Crippen LogP contribution in [0.15, 0.2) is 18.2 Å². The van der Waals surface area contributed by atoms with Crippen LogP contribution in [0.25, 0.3) is 0 Å². The topological polar surface area (TPSA) is 64.2 Å². The molecule has 0 saturated heterocycles. The maximum atomic E-state index is 11.8. The number of carbonyl (C=O) groups is 1. The minimum Gasteiger partial charge on any atom is -0.490 e. The molecule has 1 aromatic carbocycles. The van der Waals surface area contributed by atoms with Crippen LogP contribution in [-0.2, 0) is 11.3 Å². The Morgan fingerprint density at radius 2 is 1.95 bits per heavy atom. The molecule has 0 atom stereocenters. The van der Waals surface area contributed by atoms with E-state index in [1.807, 2.05) is 52.9 Å². The highest BCUT2D eigenvalue weighted by Crippen LogP contribution is 2.28. The monoisotopic (exact) mass is 295 g/mol. The van der Waals surface area contributed by atoms with Gasteiger partial charge in [0, 0.05) is 11.1 Å². The van der Waals surface area contributed by atoms with E-state index in [1.54, 1.807) is 0 Å². The molecule has 118 valence electrons. The van der Waals surface area contributed by atoms with Crippen molar-refractivity contribution in [3.05, 3.63) is 23.8 Å². The zero-order valence-corrected chi connectivity index (χ0v) is 13.7. The molecule has 0 aromatic heterocycles. The van der Waals surface area contributed by atoms with Crippen LogP contribution in [0.5, 0.6) is 11.5 Å². The fraction of sp³-hybridized carbons (Fsp3) is 0.562. The number of carbonyl (C=O) groups excluding carboxylic acids is 1. The third-order valence-corrected chi connectivity index (χ3v) is 2.62. The Hall–Kier alpha value is -1.75. The van der Waals surface area contributed by atoms with Crippen molar-refractivity contribution < 1.29 is 19.6 Å². The van der Waals surface area contributed by atoms with Gasteiger partial charge in [0.15, 0.2) is 18.1 Å². The Labute approximate surface area is 127 Å². The van der Waals surface area contributed by atoms with E-state index in [-0.39, 0.29) is 18.1 Å². The zero-order valence-electron chi connectivity index (χ0n) is 13.7. The second kappa shape index (κ2) is 7.88. The molecule has 0 saturated carbocycles. The lowest BCUT2D eigenvalue weighted by Gasteiger charge is -2.20. The molecule has 0 fully saturated rings. The third-order valence-electron chi connectivity index (χ3n) is 2.62. The van der Waals surface area contributed by atoms with E-state index in [9.17, 15) is 4.79 Å². The van der Waals surface area contributed by atoms with Gasteiger partial charge in [-0.1, -0.05) is 0 Å². The van der Waals surface area contributed by atoms with Gasteiger partial charge in [0.25, 0.3) is 5.91 Å². The van der Waals surface area contributed by atoms with Gasteiger partial charge in [-0.3, -0.25) is 4.79 Å². The van der Waals surface area contributed by atoms with E-state index in [0.717, 1.165) is 12.1 Å². The number of hydrogen-bond acceptors (Lipinski definition) is 3. The van der Waals surface area contributed by atoms with Gasteiger partial charge in [-0.15, -0.1) is 0 Å². The molecule has 0 radical (unpaired) electrons. The number of rotatable bonds is 7. The van der Waals surface area contributed by atoms with Gasteiger partial charge in [0.05, 0.1) is 13.7 Å². The highest BCUT2D eigenvalue weighted by molar-refractivity contribution is 5.78. The lowest BCUT2D eigenvalue weighted by atomic mass is 10.1. The maximum absolute atomic E-state index is 11.8. The van der Waals surface area contributed by atoms with Crippen LogP contribution in [-0.4, -0.2) is 31.7 Å². The predicted molar refractivity (Wildman–Crippen MR) is 82.6 cm³/mol. The largest absolute Gasteiger partial charge is 0.490 e. The molecule has 0 aliphatic rings. The lowest BCUT2D eigenvalue weighted by Crippen LogP contribution is -2.77. The number of benzene rings is 1. The Morgan fingerprint density at radius 1 is 1.24 bits per heavy atom. The third kappa shape index (κ3) is 6.49. The molecule has 5 heteroatoms. The van der Waals surface area contributed by atoms with E-state index in [4.69, 9.17) is 9.47 Å². The molecule has 0 aliphatic heterocycles. The molecule has 3 N–H and O–H groups in total. The first-order valence-electron chi connectivity index (χ1n) is 7.33. The summed E-state index contributed by atoms with van der Waals surface area (Å²) in [7, 11) is 2.02. The lowest BCUT2D eigenvalue weighted by molar-refractivity contribution is -0.643. The second-order valence-corrected chi connectivity index (χ2v) is 5.91. The fourth-order valence-corrected chi connectivity index (χ4v) is 1.90. The van der Waals surface area contributed by atoms with E-state index >= 15 is 0 Å². The Kier molecular flexibility index (Phi) is 6.49. The van der Waals surface area contributed by atoms with E-state index in [0.29, 0.717) is 18.1 Å². The van der Waals surface area contributed by atoms with Crippen LogP contribution in [0.1, 0.15) is 33.3 Å². The summed E-state index contributed by atoms with van der Waals surface area (Å²) < 4.78 is 11.2. The van der Waals surface area contributed by atoms with Crippen LogP contribution in [0.2, 0.25) is 0 Å². The van der Waals surface area contributed by atoms with Crippen LogP contribution in [0.3, 0.4) is 0 Å². The molecule has 0 spiro atoms. The van der Waals surface area contributed by atoms with Crippen molar-refractivity contribution in [1.29, 1.82) is 0 Å². The summed E-state index contributed by atoms with van der Waals surface area (Å²) in [6.45, 7) is 9.16. The van der Waals surface area contributed by atoms with Gasteiger partial charge in [0.1, 0.15) is 6.54 Å². The van der Waals surface area contributed by atoms with E-state index < -0.39 is 0 Å². The summed E-state index contributed by atoms with van der Waals surface area (Å²) in [6.07, 6.45) is 0. The molecule has 1 aromatic rings. The molecular formula is C16H27N2O3+. The fourth-order valence-electron chi connectivity index (χ4n) is 1.90.